The van der Waals surface area contributed by atoms with Gasteiger partial charge in [-0.1, -0.05) is 91.0 Å². The van der Waals surface area contributed by atoms with Crippen LogP contribution in [0.1, 0.15) is 23.6 Å². The van der Waals surface area contributed by atoms with Gasteiger partial charge in [0.25, 0.3) is 0 Å². The summed E-state index contributed by atoms with van der Waals surface area (Å²) in [6.45, 7) is -1.06. The van der Waals surface area contributed by atoms with Gasteiger partial charge >= 0.3 is 37.2 Å². The fourth-order valence-corrected chi connectivity index (χ4v) is 7.72. The van der Waals surface area contributed by atoms with Crippen molar-refractivity contribution < 1.29 is 94.2 Å². The highest BCUT2D eigenvalue weighted by molar-refractivity contribution is 7.81. The Morgan fingerprint density at radius 2 is 1.08 bits per heavy atom. The van der Waals surface area contributed by atoms with Crippen molar-refractivity contribution in [2.45, 2.75) is 88.1 Å². The summed E-state index contributed by atoms with van der Waals surface area (Å²) in [5, 5.41) is 2.44. The average Bonchev–Trinajstić information content (AvgIpc) is 3.19. The lowest BCUT2D eigenvalue weighted by Gasteiger charge is -2.49. The van der Waals surface area contributed by atoms with Crippen molar-refractivity contribution in [2.24, 2.45) is 0 Å². The van der Waals surface area contributed by atoms with Gasteiger partial charge < -0.3 is 38.5 Å². The third-order valence-corrected chi connectivity index (χ3v) is 10.3. The fraction of sp³-hybridized carbons (Fsp3) is 0.444. The monoisotopic (exact) mass is 921 g/mol. The number of benzene rings is 3. The molecule has 2 saturated heterocycles. The summed E-state index contributed by atoms with van der Waals surface area (Å²) in [4.78, 5) is 26.3. The van der Waals surface area contributed by atoms with Crippen LogP contribution in [0.15, 0.2) is 91.0 Å². The van der Waals surface area contributed by atoms with Gasteiger partial charge in [-0.05, 0) is 16.7 Å². The number of carbonyl (C=O) groups excluding carboxylic acids is 2. The molecule has 0 aromatic heterocycles. The first-order chi connectivity index (χ1) is 28.8. The van der Waals surface area contributed by atoms with Crippen LogP contribution in [0.4, 0.5) is 0 Å². The molecule has 0 saturated carbocycles. The molecule has 2 fully saturated rings. The van der Waals surface area contributed by atoms with Crippen molar-refractivity contribution in [1.29, 1.82) is 0 Å². The molecule has 0 aliphatic carbocycles. The lowest BCUT2D eigenvalue weighted by atomic mass is 9.95. The van der Waals surface area contributed by atoms with Crippen LogP contribution in [0.3, 0.4) is 0 Å². The van der Waals surface area contributed by atoms with E-state index in [0.717, 1.165) is 14.0 Å². The van der Waals surface area contributed by atoms with E-state index in [2.05, 4.69) is 9.50 Å². The molecular formula is C36H43NO21S3. The molecule has 3 aromatic rings. The van der Waals surface area contributed by atoms with Gasteiger partial charge in [0.2, 0.25) is 5.91 Å². The Balaban J connectivity index is 1.64. The first-order valence-electron chi connectivity index (χ1n) is 18.0. The minimum absolute atomic E-state index is 0.234. The van der Waals surface area contributed by atoms with E-state index >= 15 is 0 Å². The summed E-state index contributed by atoms with van der Waals surface area (Å²) in [5.74, 6) is -1.97. The lowest BCUT2D eigenvalue weighted by molar-refractivity contribution is -0.342. The minimum Gasteiger partial charge on any atom is -0.467 e. The van der Waals surface area contributed by atoms with Crippen LogP contribution in [0, 0.1) is 0 Å². The van der Waals surface area contributed by atoms with E-state index in [1.165, 1.54) is 0 Å². The fourth-order valence-electron chi connectivity index (χ4n) is 6.42. The third-order valence-electron chi connectivity index (χ3n) is 8.91. The predicted octanol–water partition coefficient (Wildman–Crippen LogP) is 1.08. The Morgan fingerprint density at radius 3 is 1.54 bits per heavy atom. The Labute approximate surface area is 351 Å². The summed E-state index contributed by atoms with van der Waals surface area (Å²) in [6.07, 6.45) is -18.0. The van der Waals surface area contributed by atoms with Gasteiger partial charge in [-0.2, -0.15) is 25.3 Å². The molecule has 61 heavy (non-hydrogen) atoms. The van der Waals surface area contributed by atoms with Gasteiger partial charge in [0.15, 0.2) is 24.8 Å². The van der Waals surface area contributed by atoms with Crippen LogP contribution in [-0.4, -0.2) is 126 Å². The summed E-state index contributed by atoms with van der Waals surface area (Å²) in [6, 6.07) is 23.4. The first-order valence-corrected chi connectivity index (χ1v) is 22.1. The van der Waals surface area contributed by atoms with Gasteiger partial charge in [-0.15, -0.1) is 0 Å². The normalized spacial score (nSPS) is 27.2. The molecule has 4 N–H and O–H groups in total. The second-order valence-electron chi connectivity index (χ2n) is 13.3. The smallest absolute Gasteiger partial charge is 0.397 e. The number of nitrogens with one attached hydrogen (secondary N) is 1. The number of hydrogen-bond acceptors (Lipinski definition) is 18. The highest BCUT2D eigenvalue weighted by atomic mass is 32.3. The van der Waals surface area contributed by atoms with Crippen LogP contribution in [0.2, 0.25) is 0 Å². The van der Waals surface area contributed by atoms with Crippen molar-refractivity contribution in [1.82, 2.24) is 5.32 Å². The molecule has 0 bridgehead atoms. The molecule has 25 heteroatoms. The summed E-state index contributed by atoms with van der Waals surface area (Å²) in [7, 11) is -15.4. The van der Waals surface area contributed by atoms with E-state index in [1.807, 2.05) is 0 Å². The Hall–Kier alpha value is -4.03. The molecule has 336 valence electrons. The van der Waals surface area contributed by atoms with Crippen molar-refractivity contribution in [2.75, 3.05) is 13.7 Å². The molecule has 0 unspecified atom stereocenters. The summed E-state index contributed by atoms with van der Waals surface area (Å²) >= 11 is 0. The van der Waals surface area contributed by atoms with E-state index in [9.17, 15) is 48.5 Å². The molecule has 10 atom stereocenters. The zero-order valence-electron chi connectivity index (χ0n) is 32.2. The topological polar surface area (TPSA) is 302 Å². The lowest BCUT2D eigenvalue weighted by Crippen LogP contribution is -2.69. The second-order valence-corrected chi connectivity index (χ2v) is 16.5. The van der Waals surface area contributed by atoms with E-state index in [4.69, 9.17) is 41.5 Å². The van der Waals surface area contributed by atoms with E-state index in [1.54, 1.807) is 91.0 Å². The predicted molar refractivity (Wildman–Crippen MR) is 203 cm³/mol. The number of methoxy groups -OCH3 is 1. The molecule has 22 nitrogen and oxygen atoms in total. The molecule has 3 aromatic carbocycles. The second kappa shape index (κ2) is 21.4. The van der Waals surface area contributed by atoms with Crippen molar-refractivity contribution in [3.63, 3.8) is 0 Å². The first kappa shape index (κ1) is 48.0. The van der Waals surface area contributed by atoms with Crippen LogP contribution >= 0.6 is 0 Å². The van der Waals surface area contributed by atoms with Gasteiger partial charge in [0.05, 0.1) is 33.5 Å². The van der Waals surface area contributed by atoms with Gasteiger partial charge in [-0.25, -0.2) is 17.3 Å². The number of esters is 1. The van der Waals surface area contributed by atoms with Gasteiger partial charge in [0, 0.05) is 6.92 Å². The van der Waals surface area contributed by atoms with Crippen molar-refractivity contribution in [3.8, 4) is 0 Å². The molecule has 0 radical (unpaired) electrons. The van der Waals surface area contributed by atoms with Crippen molar-refractivity contribution >= 4 is 43.1 Å². The van der Waals surface area contributed by atoms with Crippen LogP contribution in [0.5, 0.6) is 0 Å². The number of amides is 1. The van der Waals surface area contributed by atoms with Gasteiger partial charge in [0.1, 0.15) is 36.6 Å². The van der Waals surface area contributed by atoms with Gasteiger partial charge in [-0.3, -0.25) is 18.5 Å². The number of rotatable bonds is 20. The number of hydrogen-bond donors (Lipinski definition) is 4. The highest BCUT2D eigenvalue weighted by Gasteiger charge is 2.57. The minimum atomic E-state index is -5.58. The third kappa shape index (κ3) is 14.8. The number of carbonyl (C=O) groups is 2. The number of ether oxygens (including phenoxy) is 7. The van der Waals surface area contributed by atoms with E-state index in [0.29, 0.717) is 16.7 Å². The highest BCUT2D eigenvalue weighted by Crippen LogP contribution is 2.36. The molecule has 1 amide bonds. The van der Waals surface area contributed by atoms with Crippen LogP contribution in [0.25, 0.3) is 0 Å². The molecule has 2 aliphatic heterocycles. The Morgan fingerprint density at radius 1 is 0.607 bits per heavy atom. The van der Waals surface area contributed by atoms with E-state index in [-0.39, 0.29) is 19.8 Å². The quantitative estimate of drug-likeness (QED) is 0.0910. The molecule has 2 heterocycles. The Bertz CT molecular complexity index is 2220. The summed E-state index contributed by atoms with van der Waals surface area (Å²) < 4.78 is 159. The maximum absolute atomic E-state index is 13.5. The SMILES string of the molecule is COC(=O)[C@H]1O[C@@H](O[C@@H]2[C@@H](NC(C)=O)[C@H](OCc3ccccc3)O[C@H](COS(=O)(=O)O)[C@@H]2OS(=O)(=O)O)[C@H](OS(=O)(=O)O)[C@@H](OCc2ccccc2)[C@@H]1OCc1ccccc1. The molecule has 5 rings (SSSR count). The molecular weight excluding hydrogens is 879 g/mol. The maximum Gasteiger partial charge on any atom is 0.397 e. The standard InChI is InChI=1S/C36H43NO21S3/c1-22(38)37-27-29(28(57-60(43,44)45)26(21-53-59(40,41)42)54-35(27)52-20-25-16-10-5-11-17-25)55-36-33(58-61(46,47)48)31(51-19-24-14-8-4-9-15-24)30(32(56-36)34(39)49-2)50-18-23-12-6-3-7-13-23/h3-17,26-33,35-36H,18-21H2,1-2H3,(H,37,38)(H,40,41,42)(H,43,44,45)(H,46,47,48)/t26-,27-,28+,29-,30+,31+,32+,33-,35-,36-/m1/s1. The molecule has 2 aliphatic rings. The zero-order chi connectivity index (χ0) is 44.4. The van der Waals surface area contributed by atoms with Crippen LogP contribution < -0.4 is 5.32 Å². The van der Waals surface area contributed by atoms with E-state index < -0.39 is 111 Å². The average molecular weight is 922 g/mol. The largest absolute Gasteiger partial charge is 0.467 e. The molecule has 0 spiro atoms. The zero-order valence-corrected chi connectivity index (χ0v) is 34.6. The maximum atomic E-state index is 13.5. The Kier molecular flexibility index (Phi) is 16.8. The summed E-state index contributed by atoms with van der Waals surface area (Å²) in [5.41, 5.74) is 1.62. The van der Waals surface area contributed by atoms with Crippen molar-refractivity contribution in [3.05, 3.63) is 108 Å². The van der Waals surface area contributed by atoms with Crippen LogP contribution in [-0.2, 0) is 106 Å².